The number of hydrogen-bond acceptors (Lipinski definition) is 5. The van der Waals surface area contributed by atoms with Crippen molar-refractivity contribution in [2.75, 3.05) is 37.0 Å². The predicted octanol–water partition coefficient (Wildman–Crippen LogP) is 3.55. The molecule has 0 radical (unpaired) electrons. The van der Waals surface area contributed by atoms with Crippen LogP contribution in [-0.4, -0.2) is 42.9 Å². The number of nitrogens with one attached hydrogen (secondary N) is 1. The molecule has 0 bridgehead atoms. The summed E-state index contributed by atoms with van der Waals surface area (Å²) in [5.74, 6) is -0.0451. The average Bonchev–Trinajstić information content (AvgIpc) is 2.68. The van der Waals surface area contributed by atoms with Gasteiger partial charge in [0.2, 0.25) is 0 Å². The van der Waals surface area contributed by atoms with Crippen molar-refractivity contribution in [1.29, 1.82) is 0 Å². The molecule has 1 saturated heterocycles. The van der Waals surface area contributed by atoms with E-state index in [-0.39, 0.29) is 18.0 Å². The highest BCUT2D eigenvalue weighted by atomic mass is 32.2. The average molecular weight is 407 g/mol. The number of morpholine rings is 1. The quantitative estimate of drug-likeness (QED) is 0.743. The Morgan fingerprint density at radius 1 is 1.29 bits per heavy atom. The monoisotopic (exact) mass is 407 g/mol. The van der Waals surface area contributed by atoms with Crippen molar-refractivity contribution in [2.24, 2.45) is 0 Å². The highest BCUT2D eigenvalue weighted by Gasteiger charge is 2.21. The van der Waals surface area contributed by atoms with Gasteiger partial charge in [-0.05, 0) is 30.4 Å². The lowest BCUT2D eigenvalue weighted by Gasteiger charge is -2.28. The minimum absolute atomic E-state index is 0.0220. The Hall–Kier alpha value is -2.19. The molecule has 3 rings (SSSR count). The van der Waals surface area contributed by atoms with E-state index in [4.69, 9.17) is 9.72 Å². The second kappa shape index (κ2) is 9.34. The molecule has 1 aromatic heterocycles. The van der Waals surface area contributed by atoms with Crippen molar-refractivity contribution in [3.8, 4) is 0 Å². The molecular weight excluding hydrogens is 384 g/mol. The van der Waals surface area contributed by atoms with E-state index in [0.29, 0.717) is 23.8 Å². The number of aryl methyl sites for hydroxylation is 1. The summed E-state index contributed by atoms with van der Waals surface area (Å²) in [7, 11) is 0. The zero-order valence-electron chi connectivity index (χ0n) is 15.9. The first-order valence-corrected chi connectivity index (χ1v) is 10.2. The summed E-state index contributed by atoms with van der Waals surface area (Å²) in [5.41, 5.74) is 1.53. The lowest BCUT2D eigenvalue weighted by Crippen LogP contribution is -2.37. The van der Waals surface area contributed by atoms with E-state index in [1.165, 1.54) is 23.9 Å². The number of thioether (sulfide) groups is 1. The van der Waals surface area contributed by atoms with Crippen LogP contribution >= 0.6 is 11.8 Å². The maximum absolute atomic E-state index is 13.8. The van der Waals surface area contributed by atoms with E-state index in [1.54, 1.807) is 0 Å². The van der Waals surface area contributed by atoms with Gasteiger partial charge in [0.25, 0.3) is 5.91 Å². The summed E-state index contributed by atoms with van der Waals surface area (Å²) < 4.78 is 32.3. The van der Waals surface area contributed by atoms with Crippen LogP contribution in [0.4, 0.5) is 14.6 Å². The van der Waals surface area contributed by atoms with Crippen molar-refractivity contribution in [3.05, 3.63) is 52.6 Å². The van der Waals surface area contributed by atoms with Gasteiger partial charge in [-0.3, -0.25) is 4.79 Å². The number of amides is 1. The van der Waals surface area contributed by atoms with Crippen LogP contribution in [0.5, 0.6) is 0 Å². The number of halogens is 2. The SMILES string of the molecule is CCSc1nc(N2CCOCC2)cc(C)c1C(=O)NCc1ccc(F)cc1F. The maximum Gasteiger partial charge on any atom is 0.254 e. The molecule has 8 heteroatoms. The number of carbonyl (C=O) groups is 1. The van der Waals surface area contributed by atoms with Gasteiger partial charge in [-0.25, -0.2) is 13.8 Å². The number of benzene rings is 1. The molecule has 5 nitrogen and oxygen atoms in total. The Balaban J connectivity index is 1.81. The summed E-state index contributed by atoms with van der Waals surface area (Å²) in [6, 6.07) is 5.22. The lowest BCUT2D eigenvalue weighted by atomic mass is 10.1. The highest BCUT2D eigenvalue weighted by Crippen LogP contribution is 2.28. The van der Waals surface area contributed by atoms with Crippen LogP contribution in [0.1, 0.15) is 28.4 Å². The summed E-state index contributed by atoms with van der Waals surface area (Å²) in [6.07, 6.45) is 0. The minimum Gasteiger partial charge on any atom is -0.378 e. The number of pyridine rings is 1. The molecule has 150 valence electrons. The standard InChI is InChI=1S/C20H23F2N3O2S/c1-3-28-20-18(13(2)10-17(24-20)25-6-8-27-9-7-25)19(26)23-12-14-4-5-15(21)11-16(14)22/h4-5,10-11H,3,6-9,12H2,1-2H3,(H,23,26). The Bertz CT molecular complexity index is 858. The van der Waals surface area contributed by atoms with Gasteiger partial charge < -0.3 is 15.0 Å². The van der Waals surface area contributed by atoms with E-state index in [0.717, 1.165) is 36.3 Å². The summed E-state index contributed by atoms with van der Waals surface area (Å²) in [5, 5.41) is 3.38. The summed E-state index contributed by atoms with van der Waals surface area (Å²) >= 11 is 1.50. The third-order valence-electron chi connectivity index (χ3n) is 4.47. The third-order valence-corrected chi connectivity index (χ3v) is 5.33. The second-order valence-electron chi connectivity index (χ2n) is 6.43. The Morgan fingerprint density at radius 2 is 2.04 bits per heavy atom. The van der Waals surface area contributed by atoms with Crippen molar-refractivity contribution in [1.82, 2.24) is 10.3 Å². The number of nitrogens with zero attached hydrogens (tertiary/aromatic N) is 2. The van der Waals surface area contributed by atoms with E-state index < -0.39 is 11.6 Å². The highest BCUT2D eigenvalue weighted by molar-refractivity contribution is 7.99. The fourth-order valence-corrected chi connectivity index (χ4v) is 3.86. The van der Waals surface area contributed by atoms with Crippen molar-refractivity contribution < 1.29 is 18.3 Å². The summed E-state index contributed by atoms with van der Waals surface area (Å²) in [4.78, 5) is 19.7. The second-order valence-corrected chi connectivity index (χ2v) is 7.68. The molecule has 2 aromatic rings. The van der Waals surface area contributed by atoms with Gasteiger partial charge >= 0.3 is 0 Å². The number of hydrogen-bond donors (Lipinski definition) is 1. The summed E-state index contributed by atoms with van der Waals surface area (Å²) in [6.45, 7) is 6.68. The first kappa shape index (κ1) is 20.5. The first-order valence-electron chi connectivity index (χ1n) is 9.19. The van der Waals surface area contributed by atoms with Gasteiger partial charge in [-0.1, -0.05) is 13.0 Å². The smallest absolute Gasteiger partial charge is 0.254 e. The molecule has 0 saturated carbocycles. The molecule has 28 heavy (non-hydrogen) atoms. The van der Waals surface area contributed by atoms with Gasteiger partial charge in [0, 0.05) is 31.3 Å². The predicted molar refractivity (Wildman–Crippen MR) is 106 cm³/mol. The van der Waals surface area contributed by atoms with Gasteiger partial charge in [0.1, 0.15) is 22.5 Å². The molecule has 1 aromatic carbocycles. The molecule has 1 aliphatic heterocycles. The fourth-order valence-electron chi connectivity index (χ4n) is 3.03. The van der Waals surface area contributed by atoms with Crippen molar-refractivity contribution in [3.63, 3.8) is 0 Å². The number of anilines is 1. The van der Waals surface area contributed by atoms with E-state index in [1.807, 2.05) is 19.9 Å². The van der Waals surface area contributed by atoms with E-state index in [2.05, 4.69) is 10.2 Å². The molecule has 0 aliphatic carbocycles. The van der Waals surface area contributed by atoms with E-state index in [9.17, 15) is 13.6 Å². The van der Waals surface area contributed by atoms with Gasteiger partial charge in [-0.2, -0.15) is 0 Å². The van der Waals surface area contributed by atoms with Crippen LogP contribution < -0.4 is 10.2 Å². The van der Waals surface area contributed by atoms with E-state index >= 15 is 0 Å². The Labute approximate surface area is 167 Å². The first-order chi connectivity index (χ1) is 13.5. The molecule has 0 atom stereocenters. The molecule has 2 heterocycles. The lowest BCUT2D eigenvalue weighted by molar-refractivity contribution is 0.0946. The van der Waals surface area contributed by atoms with Crippen LogP contribution in [0.25, 0.3) is 0 Å². The number of carbonyl (C=O) groups excluding carboxylic acids is 1. The van der Waals surface area contributed by atoms with Crippen LogP contribution in [-0.2, 0) is 11.3 Å². The van der Waals surface area contributed by atoms with Crippen LogP contribution in [0.15, 0.2) is 29.3 Å². The minimum atomic E-state index is -0.680. The van der Waals surface area contributed by atoms with Gasteiger partial charge in [0.05, 0.1) is 18.8 Å². The molecule has 1 N–H and O–H groups in total. The van der Waals surface area contributed by atoms with Crippen molar-refractivity contribution >= 4 is 23.5 Å². The van der Waals surface area contributed by atoms with Gasteiger partial charge in [-0.15, -0.1) is 11.8 Å². The van der Waals surface area contributed by atoms with Crippen LogP contribution in [0.3, 0.4) is 0 Å². The molecule has 1 amide bonds. The number of rotatable bonds is 6. The number of ether oxygens (including phenoxy) is 1. The molecule has 0 unspecified atom stereocenters. The maximum atomic E-state index is 13.8. The van der Waals surface area contributed by atoms with Gasteiger partial charge in [0.15, 0.2) is 0 Å². The van der Waals surface area contributed by atoms with Crippen LogP contribution in [0, 0.1) is 18.6 Å². The number of aromatic nitrogens is 1. The molecule has 1 aliphatic rings. The Kier molecular flexibility index (Phi) is 6.85. The largest absolute Gasteiger partial charge is 0.378 e. The topological polar surface area (TPSA) is 54.5 Å². The fraction of sp³-hybridized carbons (Fsp3) is 0.400. The third kappa shape index (κ3) is 4.80. The Morgan fingerprint density at radius 3 is 2.71 bits per heavy atom. The molecule has 0 spiro atoms. The zero-order chi connectivity index (χ0) is 20.1. The van der Waals surface area contributed by atoms with Crippen molar-refractivity contribution in [2.45, 2.75) is 25.4 Å². The normalized spacial score (nSPS) is 14.2. The zero-order valence-corrected chi connectivity index (χ0v) is 16.7. The van der Waals surface area contributed by atoms with Crippen LogP contribution in [0.2, 0.25) is 0 Å². The molecular formula is C20H23F2N3O2S. The molecule has 1 fully saturated rings.